The molecular formula is C20H20BrClN2O2. The summed E-state index contributed by atoms with van der Waals surface area (Å²) in [5, 5.41) is 3.49. The molecule has 136 valence electrons. The van der Waals surface area contributed by atoms with Gasteiger partial charge in [0.25, 0.3) is 0 Å². The van der Waals surface area contributed by atoms with Gasteiger partial charge in [-0.25, -0.2) is 0 Å². The molecule has 0 aromatic heterocycles. The molecule has 0 saturated carbocycles. The first kappa shape index (κ1) is 18.9. The lowest BCUT2D eigenvalue weighted by molar-refractivity contribution is -0.122. The van der Waals surface area contributed by atoms with E-state index in [4.69, 9.17) is 11.6 Å². The Bertz CT molecular complexity index is 898. The van der Waals surface area contributed by atoms with Crippen molar-refractivity contribution in [3.63, 3.8) is 0 Å². The molecule has 0 unspecified atom stereocenters. The van der Waals surface area contributed by atoms with Crippen molar-refractivity contribution >= 4 is 50.7 Å². The van der Waals surface area contributed by atoms with Crippen molar-refractivity contribution in [3.05, 3.63) is 56.5 Å². The highest BCUT2D eigenvalue weighted by molar-refractivity contribution is 9.10. The first-order valence-electron chi connectivity index (χ1n) is 8.41. The fraction of sp³-hybridized carbons (Fsp3) is 0.300. The van der Waals surface area contributed by atoms with Crippen LogP contribution in [0.3, 0.4) is 0 Å². The van der Waals surface area contributed by atoms with Gasteiger partial charge in [0.1, 0.15) is 0 Å². The summed E-state index contributed by atoms with van der Waals surface area (Å²) in [5.41, 5.74) is 4.54. The Hall–Kier alpha value is -1.85. The highest BCUT2D eigenvalue weighted by atomic mass is 79.9. The van der Waals surface area contributed by atoms with E-state index in [2.05, 4.69) is 21.2 Å². The minimum Gasteiger partial charge on any atom is -0.325 e. The van der Waals surface area contributed by atoms with Gasteiger partial charge in [0.05, 0.1) is 10.9 Å². The average Bonchev–Trinajstić information content (AvgIpc) is 2.99. The fourth-order valence-corrected chi connectivity index (χ4v) is 3.76. The van der Waals surface area contributed by atoms with Crippen LogP contribution in [0.5, 0.6) is 0 Å². The molecule has 1 atom stereocenters. The van der Waals surface area contributed by atoms with Crippen LogP contribution in [0.2, 0.25) is 5.02 Å². The number of hydrogen-bond acceptors (Lipinski definition) is 2. The zero-order chi connectivity index (χ0) is 19.0. The maximum absolute atomic E-state index is 12.7. The third-order valence-electron chi connectivity index (χ3n) is 4.96. The third-order valence-corrected chi connectivity index (χ3v) is 6.34. The normalized spacial score (nSPS) is 16.9. The number of hydrogen-bond donors (Lipinski definition) is 1. The van der Waals surface area contributed by atoms with Gasteiger partial charge in [-0.2, -0.15) is 0 Å². The lowest BCUT2D eigenvalue weighted by Gasteiger charge is -2.20. The highest BCUT2D eigenvalue weighted by Crippen LogP contribution is 2.33. The van der Waals surface area contributed by atoms with E-state index >= 15 is 0 Å². The Morgan fingerprint density at radius 1 is 1.19 bits per heavy atom. The van der Waals surface area contributed by atoms with E-state index in [-0.39, 0.29) is 24.2 Å². The number of benzene rings is 2. The van der Waals surface area contributed by atoms with Crippen molar-refractivity contribution in [2.24, 2.45) is 5.92 Å². The molecule has 1 aliphatic heterocycles. The number of anilines is 2. The fourth-order valence-electron chi connectivity index (χ4n) is 3.17. The van der Waals surface area contributed by atoms with E-state index in [1.807, 2.05) is 45.0 Å². The largest absolute Gasteiger partial charge is 0.325 e. The van der Waals surface area contributed by atoms with Gasteiger partial charge in [-0.1, -0.05) is 23.7 Å². The maximum Gasteiger partial charge on any atom is 0.229 e. The average molecular weight is 436 g/mol. The monoisotopic (exact) mass is 434 g/mol. The summed E-state index contributed by atoms with van der Waals surface area (Å²) >= 11 is 9.59. The standard InChI is InChI=1S/C20H20BrClN2O2/c1-11-5-4-6-17(12(11)2)24-10-14(9-18(24)25)20(26)23-16-8-7-15(21)19(22)13(16)3/h4-8,14H,9-10H2,1-3H3,(H,23,26)/t14-/m0/s1. The minimum atomic E-state index is -0.385. The van der Waals surface area contributed by atoms with Gasteiger partial charge < -0.3 is 10.2 Å². The molecule has 26 heavy (non-hydrogen) atoms. The number of carbonyl (C=O) groups is 2. The van der Waals surface area contributed by atoms with E-state index in [9.17, 15) is 9.59 Å². The zero-order valence-corrected chi connectivity index (χ0v) is 17.2. The van der Waals surface area contributed by atoms with Crippen molar-refractivity contribution in [2.75, 3.05) is 16.8 Å². The van der Waals surface area contributed by atoms with Gasteiger partial charge in [-0.15, -0.1) is 0 Å². The predicted octanol–water partition coefficient (Wildman–Crippen LogP) is 5.02. The van der Waals surface area contributed by atoms with Gasteiger partial charge in [-0.05, 0) is 71.6 Å². The molecule has 0 spiro atoms. The summed E-state index contributed by atoms with van der Waals surface area (Å²) in [5.74, 6) is -0.568. The lowest BCUT2D eigenvalue weighted by Crippen LogP contribution is -2.28. The van der Waals surface area contributed by atoms with Crippen LogP contribution in [-0.4, -0.2) is 18.4 Å². The number of nitrogens with zero attached hydrogens (tertiary/aromatic N) is 1. The molecule has 1 fully saturated rings. The molecule has 0 radical (unpaired) electrons. The Morgan fingerprint density at radius 2 is 1.92 bits per heavy atom. The third kappa shape index (κ3) is 3.51. The van der Waals surface area contributed by atoms with Crippen LogP contribution in [0.4, 0.5) is 11.4 Å². The number of carbonyl (C=O) groups excluding carboxylic acids is 2. The molecule has 1 heterocycles. The molecule has 1 saturated heterocycles. The molecule has 1 N–H and O–H groups in total. The van der Waals surface area contributed by atoms with Crippen LogP contribution in [0.1, 0.15) is 23.1 Å². The molecule has 0 aliphatic carbocycles. The lowest BCUT2D eigenvalue weighted by atomic mass is 10.1. The Morgan fingerprint density at radius 3 is 2.65 bits per heavy atom. The molecule has 2 amide bonds. The van der Waals surface area contributed by atoms with E-state index in [1.54, 1.807) is 11.0 Å². The summed E-state index contributed by atoms with van der Waals surface area (Å²) in [6.07, 6.45) is 0.211. The number of nitrogens with one attached hydrogen (secondary N) is 1. The maximum atomic E-state index is 12.7. The Kier molecular flexibility index (Phi) is 5.39. The van der Waals surface area contributed by atoms with E-state index in [0.29, 0.717) is 17.3 Å². The van der Waals surface area contributed by atoms with E-state index < -0.39 is 0 Å². The van der Waals surface area contributed by atoms with Crippen LogP contribution in [0.15, 0.2) is 34.8 Å². The first-order chi connectivity index (χ1) is 12.3. The number of amides is 2. The molecule has 2 aromatic rings. The number of halogens is 2. The van der Waals surface area contributed by atoms with Crippen LogP contribution in [0, 0.1) is 26.7 Å². The van der Waals surface area contributed by atoms with Crippen LogP contribution in [0.25, 0.3) is 0 Å². The zero-order valence-electron chi connectivity index (χ0n) is 14.9. The van der Waals surface area contributed by atoms with Crippen LogP contribution < -0.4 is 10.2 Å². The van der Waals surface area contributed by atoms with Crippen molar-refractivity contribution in [1.82, 2.24) is 0 Å². The predicted molar refractivity (Wildman–Crippen MR) is 109 cm³/mol. The summed E-state index contributed by atoms with van der Waals surface area (Å²) in [6.45, 7) is 6.26. The molecule has 3 rings (SSSR count). The van der Waals surface area contributed by atoms with Crippen molar-refractivity contribution in [3.8, 4) is 0 Å². The van der Waals surface area contributed by atoms with Crippen LogP contribution in [-0.2, 0) is 9.59 Å². The molecule has 4 nitrogen and oxygen atoms in total. The van der Waals surface area contributed by atoms with Crippen molar-refractivity contribution in [1.29, 1.82) is 0 Å². The second-order valence-electron chi connectivity index (χ2n) is 6.65. The van der Waals surface area contributed by atoms with Crippen molar-refractivity contribution in [2.45, 2.75) is 27.2 Å². The van der Waals surface area contributed by atoms with Gasteiger partial charge in [0.15, 0.2) is 0 Å². The summed E-state index contributed by atoms with van der Waals surface area (Å²) in [7, 11) is 0. The second kappa shape index (κ2) is 7.41. The summed E-state index contributed by atoms with van der Waals surface area (Å²) < 4.78 is 0.784. The molecule has 2 aromatic carbocycles. The number of aryl methyl sites for hydroxylation is 1. The Balaban J connectivity index is 1.77. The van der Waals surface area contributed by atoms with Gasteiger partial charge in [-0.3, -0.25) is 9.59 Å². The van der Waals surface area contributed by atoms with Crippen molar-refractivity contribution < 1.29 is 9.59 Å². The van der Waals surface area contributed by atoms with Gasteiger partial charge >= 0.3 is 0 Å². The smallest absolute Gasteiger partial charge is 0.229 e. The summed E-state index contributed by atoms with van der Waals surface area (Å²) in [6, 6.07) is 9.49. The topological polar surface area (TPSA) is 49.4 Å². The first-order valence-corrected chi connectivity index (χ1v) is 9.58. The van der Waals surface area contributed by atoms with E-state index in [0.717, 1.165) is 26.9 Å². The van der Waals surface area contributed by atoms with Gasteiger partial charge in [0.2, 0.25) is 11.8 Å². The quantitative estimate of drug-likeness (QED) is 0.736. The SMILES string of the molecule is Cc1cccc(N2C[C@@H](C(=O)Nc3ccc(Br)c(Cl)c3C)CC2=O)c1C. The molecule has 1 aliphatic rings. The van der Waals surface area contributed by atoms with Gasteiger partial charge in [0, 0.05) is 28.8 Å². The van der Waals surface area contributed by atoms with E-state index in [1.165, 1.54) is 0 Å². The Labute approximate surface area is 166 Å². The molecule has 0 bridgehead atoms. The second-order valence-corrected chi connectivity index (χ2v) is 7.88. The minimum absolute atomic E-state index is 0.0237. The molecule has 6 heteroatoms. The highest BCUT2D eigenvalue weighted by Gasteiger charge is 2.36. The molecular weight excluding hydrogens is 416 g/mol. The van der Waals surface area contributed by atoms with Crippen LogP contribution >= 0.6 is 27.5 Å². The number of rotatable bonds is 3. The summed E-state index contributed by atoms with van der Waals surface area (Å²) in [4.78, 5) is 26.9.